The van der Waals surface area contributed by atoms with Gasteiger partial charge in [-0.15, -0.1) is 0 Å². The lowest BCUT2D eigenvalue weighted by Crippen LogP contribution is -1.96. The van der Waals surface area contributed by atoms with Crippen molar-refractivity contribution in [2.75, 3.05) is 5.32 Å². The summed E-state index contributed by atoms with van der Waals surface area (Å²) in [5, 5.41) is 12.0. The van der Waals surface area contributed by atoms with Crippen molar-refractivity contribution >= 4 is 39.0 Å². The van der Waals surface area contributed by atoms with Crippen molar-refractivity contribution in [3.63, 3.8) is 0 Å². The molecule has 1 heterocycles. The Morgan fingerprint density at radius 1 is 1.41 bits per heavy atom. The number of hydrogen-bond acceptors (Lipinski definition) is 4. The van der Waals surface area contributed by atoms with Crippen LogP contribution in [0.2, 0.25) is 5.28 Å². The Balaban J connectivity index is 2.31. The van der Waals surface area contributed by atoms with Gasteiger partial charge in [0, 0.05) is 11.9 Å². The monoisotopic (exact) mass is 308 g/mol. The molecule has 0 saturated carbocycles. The van der Waals surface area contributed by atoms with Gasteiger partial charge in [0.1, 0.15) is 5.82 Å². The summed E-state index contributed by atoms with van der Waals surface area (Å²) >= 11 is 9.02. The van der Waals surface area contributed by atoms with E-state index in [2.05, 4.69) is 37.3 Å². The smallest absolute Gasteiger partial charge is 0.224 e. The Labute approximate surface area is 111 Å². The van der Waals surface area contributed by atoms with Crippen LogP contribution in [0, 0.1) is 11.3 Å². The zero-order chi connectivity index (χ0) is 12.3. The fourth-order valence-corrected chi connectivity index (χ4v) is 1.66. The number of aromatic nitrogens is 2. The first-order chi connectivity index (χ1) is 8.19. The Morgan fingerprint density at radius 3 is 3.00 bits per heavy atom. The number of rotatable bonds is 2. The van der Waals surface area contributed by atoms with E-state index in [-0.39, 0.29) is 5.28 Å². The van der Waals surface area contributed by atoms with Crippen LogP contribution in [0.3, 0.4) is 0 Å². The highest BCUT2D eigenvalue weighted by atomic mass is 79.9. The Hall–Kier alpha value is -1.64. The molecule has 0 bridgehead atoms. The molecular formula is C11H6BrClN4. The van der Waals surface area contributed by atoms with Crippen molar-refractivity contribution in [3.8, 4) is 6.07 Å². The normalized spacial score (nSPS) is 9.71. The van der Waals surface area contributed by atoms with Crippen LogP contribution in [0.25, 0.3) is 0 Å². The van der Waals surface area contributed by atoms with E-state index in [0.29, 0.717) is 15.9 Å². The Bertz CT molecular complexity index is 594. The molecule has 0 unspecified atom stereocenters. The number of nitriles is 1. The minimum Gasteiger partial charge on any atom is -0.339 e. The molecule has 0 amide bonds. The van der Waals surface area contributed by atoms with Crippen molar-refractivity contribution in [1.29, 1.82) is 5.26 Å². The minimum atomic E-state index is 0.159. The van der Waals surface area contributed by atoms with Crippen LogP contribution in [0.1, 0.15) is 5.56 Å². The van der Waals surface area contributed by atoms with E-state index in [4.69, 9.17) is 16.9 Å². The van der Waals surface area contributed by atoms with E-state index >= 15 is 0 Å². The van der Waals surface area contributed by atoms with E-state index < -0.39 is 0 Å². The zero-order valence-electron chi connectivity index (χ0n) is 8.48. The molecule has 0 spiro atoms. The number of benzene rings is 1. The van der Waals surface area contributed by atoms with Gasteiger partial charge in [-0.2, -0.15) is 10.2 Å². The third-order valence-corrected chi connectivity index (χ3v) is 2.73. The third-order valence-electron chi connectivity index (χ3n) is 1.97. The lowest BCUT2D eigenvalue weighted by atomic mass is 10.2. The molecule has 6 heteroatoms. The minimum absolute atomic E-state index is 0.159. The molecule has 0 fully saturated rings. The van der Waals surface area contributed by atoms with E-state index in [9.17, 15) is 0 Å². The lowest BCUT2D eigenvalue weighted by molar-refractivity contribution is 1.15. The molecule has 84 valence electrons. The second kappa shape index (κ2) is 5.13. The molecular weight excluding hydrogens is 304 g/mol. The second-order valence-corrected chi connectivity index (χ2v) is 4.35. The number of hydrogen-bond donors (Lipinski definition) is 1. The van der Waals surface area contributed by atoms with Gasteiger partial charge in [0.2, 0.25) is 5.28 Å². The molecule has 2 aromatic rings. The predicted octanol–water partition coefficient (Wildman–Crippen LogP) is 3.51. The van der Waals surface area contributed by atoms with Gasteiger partial charge in [0.05, 0.1) is 16.1 Å². The summed E-state index contributed by atoms with van der Waals surface area (Å²) in [5.41, 5.74) is 1.34. The van der Waals surface area contributed by atoms with E-state index in [0.717, 1.165) is 5.69 Å². The van der Waals surface area contributed by atoms with Crippen molar-refractivity contribution in [2.45, 2.75) is 0 Å². The standard InChI is InChI=1S/C11H6BrClN4/c12-9-6-15-11(13)17-10(9)16-8-3-1-2-7(4-8)5-14/h1-4,6H,(H,15,16,17). The average Bonchev–Trinajstić information content (AvgIpc) is 2.34. The topological polar surface area (TPSA) is 61.6 Å². The summed E-state index contributed by atoms with van der Waals surface area (Å²) in [6.45, 7) is 0. The highest BCUT2D eigenvalue weighted by Gasteiger charge is 2.04. The molecule has 0 saturated heterocycles. The first-order valence-corrected chi connectivity index (χ1v) is 5.81. The van der Waals surface area contributed by atoms with Crippen LogP contribution in [-0.2, 0) is 0 Å². The predicted molar refractivity (Wildman–Crippen MR) is 69.2 cm³/mol. The number of anilines is 2. The summed E-state index contributed by atoms with van der Waals surface area (Å²) in [6.07, 6.45) is 1.56. The maximum Gasteiger partial charge on any atom is 0.224 e. The summed E-state index contributed by atoms with van der Waals surface area (Å²) in [7, 11) is 0. The molecule has 0 atom stereocenters. The molecule has 2 rings (SSSR count). The molecule has 1 aromatic heterocycles. The van der Waals surface area contributed by atoms with Crippen LogP contribution < -0.4 is 5.32 Å². The average molecular weight is 310 g/mol. The fraction of sp³-hybridized carbons (Fsp3) is 0. The van der Waals surface area contributed by atoms with Gasteiger partial charge in [0.25, 0.3) is 0 Å². The van der Waals surface area contributed by atoms with Gasteiger partial charge >= 0.3 is 0 Å². The molecule has 1 aromatic carbocycles. The van der Waals surface area contributed by atoms with Crippen LogP contribution in [-0.4, -0.2) is 9.97 Å². The first-order valence-electron chi connectivity index (χ1n) is 4.64. The maximum atomic E-state index is 8.79. The molecule has 0 aliphatic carbocycles. The first kappa shape index (κ1) is 11.8. The van der Waals surface area contributed by atoms with Crippen LogP contribution >= 0.6 is 27.5 Å². The lowest BCUT2D eigenvalue weighted by Gasteiger charge is -2.07. The summed E-state index contributed by atoms with van der Waals surface area (Å²) in [6, 6.07) is 9.15. The summed E-state index contributed by atoms with van der Waals surface area (Å²) < 4.78 is 0.698. The van der Waals surface area contributed by atoms with Crippen LogP contribution in [0.15, 0.2) is 34.9 Å². The van der Waals surface area contributed by atoms with E-state index in [1.807, 2.05) is 6.07 Å². The largest absolute Gasteiger partial charge is 0.339 e. The van der Waals surface area contributed by atoms with Gasteiger partial charge < -0.3 is 5.32 Å². The number of nitrogens with zero attached hydrogens (tertiary/aromatic N) is 3. The third kappa shape index (κ3) is 2.93. The fourth-order valence-electron chi connectivity index (χ4n) is 1.24. The van der Waals surface area contributed by atoms with Crippen LogP contribution in [0.4, 0.5) is 11.5 Å². The highest BCUT2D eigenvalue weighted by Crippen LogP contribution is 2.24. The van der Waals surface area contributed by atoms with Crippen molar-refractivity contribution < 1.29 is 0 Å². The van der Waals surface area contributed by atoms with E-state index in [1.54, 1.807) is 24.4 Å². The van der Waals surface area contributed by atoms with E-state index in [1.165, 1.54) is 0 Å². The summed E-state index contributed by atoms with van der Waals surface area (Å²) in [5.74, 6) is 0.556. The Morgan fingerprint density at radius 2 is 2.24 bits per heavy atom. The molecule has 0 aliphatic heterocycles. The van der Waals surface area contributed by atoms with Gasteiger partial charge in [-0.05, 0) is 45.7 Å². The second-order valence-electron chi connectivity index (χ2n) is 3.15. The van der Waals surface area contributed by atoms with Gasteiger partial charge in [0.15, 0.2) is 0 Å². The number of nitrogens with one attached hydrogen (secondary N) is 1. The molecule has 0 radical (unpaired) electrons. The molecule has 17 heavy (non-hydrogen) atoms. The van der Waals surface area contributed by atoms with Gasteiger partial charge in [-0.25, -0.2) is 4.98 Å². The van der Waals surface area contributed by atoms with Gasteiger partial charge in [-0.1, -0.05) is 6.07 Å². The quantitative estimate of drug-likeness (QED) is 0.862. The Kier molecular flexibility index (Phi) is 3.57. The van der Waals surface area contributed by atoms with Crippen molar-refractivity contribution in [2.24, 2.45) is 0 Å². The van der Waals surface area contributed by atoms with Crippen molar-refractivity contribution in [3.05, 3.63) is 45.8 Å². The zero-order valence-corrected chi connectivity index (χ0v) is 10.8. The molecule has 0 aliphatic rings. The van der Waals surface area contributed by atoms with Crippen molar-refractivity contribution in [1.82, 2.24) is 9.97 Å². The molecule has 1 N–H and O–H groups in total. The van der Waals surface area contributed by atoms with Gasteiger partial charge in [-0.3, -0.25) is 0 Å². The molecule has 4 nitrogen and oxygen atoms in total. The highest BCUT2D eigenvalue weighted by molar-refractivity contribution is 9.10. The van der Waals surface area contributed by atoms with Crippen LogP contribution in [0.5, 0.6) is 0 Å². The SMILES string of the molecule is N#Cc1cccc(Nc2nc(Cl)ncc2Br)c1. The summed E-state index contributed by atoms with van der Waals surface area (Å²) in [4.78, 5) is 7.87. The maximum absolute atomic E-state index is 8.79. The number of halogens is 2.